The van der Waals surface area contributed by atoms with E-state index in [1.165, 1.54) is 18.0 Å². The van der Waals surface area contributed by atoms with Crippen molar-refractivity contribution in [2.24, 2.45) is 5.92 Å². The Kier molecular flexibility index (Phi) is 3.46. The first kappa shape index (κ1) is 11.1. The molecule has 1 aliphatic rings. The van der Waals surface area contributed by atoms with Crippen molar-refractivity contribution in [2.45, 2.75) is 32.7 Å². The summed E-state index contributed by atoms with van der Waals surface area (Å²) in [6.07, 6.45) is 2.11. The number of aryl methyl sites for hydroxylation is 1. The zero-order valence-corrected chi connectivity index (χ0v) is 10.7. The van der Waals surface area contributed by atoms with Gasteiger partial charge in [-0.05, 0) is 12.3 Å². The van der Waals surface area contributed by atoms with Gasteiger partial charge >= 0.3 is 0 Å². The first-order valence-electron chi connectivity index (χ1n) is 5.41. The van der Waals surface area contributed by atoms with Gasteiger partial charge in [0.25, 0.3) is 0 Å². The van der Waals surface area contributed by atoms with E-state index in [1.54, 1.807) is 0 Å². The summed E-state index contributed by atoms with van der Waals surface area (Å²) in [5.74, 6) is 2.29. The summed E-state index contributed by atoms with van der Waals surface area (Å²) >= 11 is 7.50. The van der Waals surface area contributed by atoms with Crippen LogP contribution in [0.15, 0.2) is 0 Å². The standard InChI is InChI=1S/C10H16ClN3S/c1-3-9-12-10(15-13-9)14-5-4-7(2)8(14)6-11/h7-8H,3-6H2,1-2H3. The molecule has 1 aromatic heterocycles. The van der Waals surface area contributed by atoms with E-state index in [0.29, 0.717) is 17.8 Å². The number of rotatable bonds is 3. The Balaban J connectivity index is 2.16. The van der Waals surface area contributed by atoms with Crippen LogP contribution in [-0.2, 0) is 6.42 Å². The number of hydrogen-bond acceptors (Lipinski definition) is 4. The molecule has 2 heterocycles. The number of alkyl halides is 1. The monoisotopic (exact) mass is 245 g/mol. The second-order valence-electron chi connectivity index (χ2n) is 4.03. The van der Waals surface area contributed by atoms with Crippen molar-refractivity contribution in [3.8, 4) is 0 Å². The maximum Gasteiger partial charge on any atom is 0.205 e. The third-order valence-corrected chi connectivity index (χ3v) is 4.17. The zero-order valence-electron chi connectivity index (χ0n) is 9.11. The smallest absolute Gasteiger partial charge is 0.205 e. The van der Waals surface area contributed by atoms with Crippen LogP contribution >= 0.6 is 23.1 Å². The van der Waals surface area contributed by atoms with E-state index in [1.807, 2.05) is 0 Å². The maximum atomic E-state index is 6.00. The van der Waals surface area contributed by atoms with Crippen LogP contribution in [0.2, 0.25) is 0 Å². The lowest BCUT2D eigenvalue weighted by Crippen LogP contribution is -2.33. The molecule has 1 saturated heterocycles. The number of nitrogens with zero attached hydrogens (tertiary/aromatic N) is 3. The van der Waals surface area contributed by atoms with Gasteiger partial charge in [-0.3, -0.25) is 0 Å². The highest BCUT2D eigenvalue weighted by atomic mass is 35.5. The van der Waals surface area contributed by atoms with Crippen LogP contribution in [0.1, 0.15) is 26.1 Å². The number of hydrogen-bond donors (Lipinski definition) is 0. The molecule has 0 radical (unpaired) electrons. The van der Waals surface area contributed by atoms with Gasteiger partial charge < -0.3 is 4.90 Å². The topological polar surface area (TPSA) is 29.0 Å². The molecular weight excluding hydrogens is 230 g/mol. The van der Waals surface area contributed by atoms with Crippen LogP contribution in [0.3, 0.4) is 0 Å². The first-order valence-corrected chi connectivity index (χ1v) is 6.72. The average Bonchev–Trinajstić information content (AvgIpc) is 2.83. The van der Waals surface area contributed by atoms with Crippen molar-refractivity contribution in [3.63, 3.8) is 0 Å². The lowest BCUT2D eigenvalue weighted by molar-refractivity contribution is 0.550. The van der Waals surface area contributed by atoms with Gasteiger partial charge in [0.15, 0.2) is 0 Å². The molecule has 2 atom stereocenters. The largest absolute Gasteiger partial charge is 0.342 e. The Labute approximate surface area is 99.6 Å². The second-order valence-corrected chi connectivity index (χ2v) is 5.07. The van der Waals surface area contributed by atoms with Gasteiger partial charge in [-0.25, -0.2) is 4.98 Å². The molecule has 1 aliphatic heterocycles. The summed E-state index contributed by atoms with van der Waals surface area (Å²) in [6.45, 7) is 5.41. The molecule has 1 aromatic rings. The average molecular weight is 246 g/mol. The SMILES string of the molecule is CCc1nsc(N2CCC(C)C2CCl)n1. The van der Waals surface area contributed by atoms with Crippen LogP contribution in [0.4, 0.5) is 5.13 Å². The van der Waals surface area contributed by atoms with E-state index in [2.05, 4.69) is 28.1 Å². The van der Waals surface area contributed by atoms with E-state index >= 15 is 0 Å². The van der Waals surface area contributed by atoms with Crippen LogP contribution < -0.4 is 4.90 Å². The van der Waals surface area contributed by atoms with Crippen LogP contribution in [0, 0.1) is 5.92 Å². The molecule has 0 N–H and O–H groups in total. The van der Waals surface area contributed by atoms with Gasteiger partial charge in [0.1, 0.15) is 5.82 Å². The Bertz CT molecular complexity index is 328. The highest BCUT2D eigenvalue weighted by Crippen LogP contribution is 2.31. The minimum atomic E-state index is 0.435. The first-order chi connectivity index (χ1) is 7.26. The normalized spacial score (nSPS) is 26.2. The lowest BCUT2D eigenvalue weighted by Gasteiger charge is -2.23. The molecule has 2 unspecified atom stereocenters. The van der Waals surface area contributed by atoms with Crippen molar-refractivity contribution in [2.75, 3.05) is 17.3 Å². The van der Waals surface area contributed by atoms with E-state index in [9.17, 15) is 0 Å². The molecule has 5 heteroatoms. The minimum Gasteiger partial charge on any atom is -0.342 e. The summed E-state index contributed by atoms with van der Waals surface area (Å²) in [5, 5.41) is 1.04. The van der Waals surface area contributed by atoms with Gasteiger partial charge in [0.2, 0.25) is 5.13 Å². The van der Waals surface area contributed by atoms with Crippen LogP contribution in [0.5, 0.6) is 0 Å². The summed E-state index contributed by atoms with van der Waals surface area (Å²) < 4.78 is 4.32. The third-order valence-electron chi connectivity index (χ3n) is 3.06. The highest BCUT2D eigenvalue weighted by molar-refractivity contribution is 7.09. The summed E-state index contributed by atoms with van der Waals surface area (Å²) in [4.78, 5) is 6.83. The zero-order chi connectivity index (χ0) is 10.8. The molecular formula is C10H16ClN3S. The van der Waals surface area contributed by atoms with E-state index < -0.39 is 0 Å². The Hall–Kier alpha value is -0.350. The van der Waals surface area contributed by atoms with Crippen molar-refractivity contribution in [1.82, 2.24) is 9.36 Å². The molecule has 1 fully saturated rings. The molecule has 84 valence electrons. The van der Waals surface area contributed by atoms with Crippen LogP contribution in [-0.4, -0.2) is 27.8 Å². The minimum absolute atomic E-state index is 0.435. The highest BCUT2D eigenvalue weighted by Gasteiger charge is 2.32. The van der Waals surface area contributed by atoms with E-state index in [-0.39, 0.29) is 0 Å². The fraction of sp³-hybridized carbons (Fsp3) is 0.800. The van der Waals surface area contributed by atoms with Gasteiger partial charge in [0.05, 0.1) is 0 Å². The molecule has 2 rings (SSSR count). The van der Waals surface area contributed by atoms with Crippen molar-refractivity contribution < 1.29 is 0 Å². The van der Waals surface area contributed by atoms with Gasteiger partial charge in [0, 0.05) is 36.4 Å². The number of anilines is 1. The van der Waals surface area contributed by atoms with Crippen molar-refractivity contribution in [1.29, 1.82) is 0 Å². The predicted molar refractivity (Wildman–Crippen MR) is 64.9 cm³/mol. The van der Waals surface area contributed by atoms with Crippen molar-refractivity contribution in [3.05, 3.63) is 5.82 Å². The van der Waals surface area contributed by atoms with Gasteiger partial charge in [-0.1, -0.05) is 13.8 Å². The van der Waals surface area contributed by atoms with Gasteiger partial charge in [-0.2, -0.15) is 4.37 Å². The molecule has 0 bridgehead atoms. The predicted octanol–water partition coefficient (Wildman–Crippen LogP) is 2.55. The molecule has 15 heavy (non-hydrogen) atoms. The summed E-state index contributed by atoms with van der Waals surface area (Å²) in [6, 6.07) is 0.435. The molecule has 0 spiro atoms. The Morgan fingerprint density at radius 2 is 2.40 bits per heavy atom. The molecule has 0 saturated carbocycles. The van der Waals surface area contributed by atoms with E-state index in [0.717, 1.165) is 23.9 Å². The summed E-state index contributed by atoms with van der Waals surface area (Å²) in [7, 11) is 0. The Morgan fingerprint density at radius 3 is 3.00 bits per heavy atom. The maximum absolute atomic E-state index is 6.00. The Morgan fingerprint density at radius 1 is 1.60 bits per heavy atom. The quantitative estimate of drug-likeness (QED) is 0.767. The summed E-state index contributed by atoms with van der Waals surface area (Å²) in [5.41, 5.74) is 0. The molecule has 3 nitrogen and oxygen atoms in total. The molecule has 0 amide bonds. The van der Waals surface area contributed by atoms with Gasteiger partial charge in [-0.15, -0.1) is 11.6 Å². The van der Waals surface area contributed by atoms with Crippen LogP contribution in [0.25, 0.3) is 0 Å². The second kappa shape index (κ2) is 4.66. The fourth-order valence-corrected chi connectivity index (χ4v) is 3.29. The lowest BCUT2D eigenvalue weighted by atomic mass is 10.1. The number of halogens is 1. The fourth-order valence-electron chi connectivity index (χ4n) is 1.99. The van der Waals surface area contributed by atoms with E-state index in [4.69, 9.17) is 11.6 Å². The third kappa shape index (κ3) is 2.11. The number of aromatic nitrogens is 2. The molecule has 0 aromatic carbocycles. The molecule has 0 aliphatic carbocycles. The van der Waals surface area contributed by atoms with Crippen molar-refractivity contribution >= 4 is 28.3 Å².